The summed E-state index contributed by atoms with van der Waals surface area (Å²) in [5.74, 6) is -1.61. The van der Waals surface area contributed by atoms with Crippen molar-refractivity contribution in [3.05, 3.63) is 35.4 Å². The van der Waals surface area contributed by atoms with Gasteiger partial charge in [-0.3, -0.25) is 4.90 Å². The highest BCUT2D eigenvalue weighted by Gasteiger charge is 2.30. The van der Waals surface area contributed by atoms with Crippen LogP contribution in [0.4, 0.5) is 8.78 Å². The highest BCUT2D eigenvalue weighted by Crippen LogP contribution is 2.25. The number of nitrogens with zero attached hydrogens (tertiary/aromatic N) is 1. The third kappa shape index (κ3) is 3.11. The Morgan fingerprint density at radius 1 is 1.47 bits per heavy atom. The van der Waals surface area contributed by atoms with Crippen molar-refractivity contribution >= 4 is 0 Å². The van der Waals surface area contributed by atoms with Gasteiger partial charge in [-0.2, -0.15) is 0 Å². The van der Waals surface area contributed by atoms with Gasteiger partial charge in [0.05, 0.1) is 18.8 Å². The predicted octanol–water partition coefficient (Wildman–Crippen LogP) is 1.95. The molecule has 19 heavy (non-hydrogen) atoms. The van der Waals surface area contributed by atoms with E-state index in [2.05, 4.69) is 17.1 Å². The fourth-order valence-electron chi connectivity index (χ4n) is 2.52. The summed E-state index contributed by atoms with van der Waals surface area (Å²) >= 11 is 0. The molecule has 1 aromatic rings. The Bertz CT molecular complexity index is 428. The van der Waals surface area contributed by atoms with E-state index in [9.17, 15) is 8.78 Å². The number of morpholine rings is 1. The van der Waals surface area contributed by atoms with E-state index < -0.39 is 11.6 Å². The van der Waals surface area contributed by atoms with Gasteiger partial charge in [-0.1, -0.05) is 19.1 Å². The first-order valence-corrected chi connectivity index (χ1v) is 6.62. The van der Waals surface area contributed by atoms with Gasteiger partial charge in [0.1, 0.15) is 0 Å². The third-order valence-corrected chi connectivity index (χ3v) is 3.62. The lowest BCUT2D eigenvalue weighted by atomic mass is 9.99. The van der Waals surface area contributed by atoms with Crippen molar-refractivity contribution in [2.75, 3.05) is 33.3 Å². The van der Waals surface area contributed by atoms with Crippen molar-refractivity contribution in [3.63, 3.8) is 0 Å². The Kier molecular flexibility index (Phi) is 4.85. The first-order chi connectivity index (χ1) is 9.17. The van der Waals surface area contributed by atoms with Crippen molar-refractivity contribution in [2.45, 2.75) is 19.1 Å². The number of hydrogen-bond acceptors (Lipinski definition) is 3. The van der Waals surface area contributed by atoms with E-state index in [-0.39, 0.29) is 12.1 Å². The monoisotopic (exact) mass is 270 g/mol. The molecule has 2 atom stereocenters. The average Bonchev–Trinajstić information content (AvgIpc) is 2.44. The number of nitrogens with one attached hydrogen (secondary N) is 1. The van der Waals surface area contributed by atoms with Crippen LogP contribution in [0.25, 0.3) is 0 Å². The molecule has 0 amide bonds. The zero-order valence-corrected chi connectivity index (χ0v) is 11.3. The molecule has 1 N–H and O–H groups in total. The minimum absolute atomic E-state index is 0.171. The summed E-state index contributed by atoms with van der Waals surface area (Å²) in [7, 11) is 1.74. The Balaban J connectivity index is 2.21. The standard InChI is InChI=1S/C14H20F2N2O/c1-3-18-7-8-19-12(9-18)14(17-2)10-5-4-6-11(15)13(10)16/h4-6,12,14,17H,3,7-9H2,1-2H3. The lowest BCUT2D eigenvalue weighted by Gasteiger charge is -2.36. The lowest BCUT2D eigenvalue weighted by Crippen LogP contribution is -2.47. The maximum Gasteiger partial charge on any atom is 0.163 e. The fourth-order valence-corrected chi connectivity index (χ4v) is 2.52. The topological polar surface area (TPSA) is 24.5 Å². The molecule has 1 aliphatic heterocycles. The molecule has 0 aliphatic carbocycles. The second-order valence-corrected chi connectivity index (χ2v) is 4.71. The molecule has 1 aromatic carbocycles. The summed E-state index contributed by atoms with van der Waals surface area (Å²) in [4.78, 5) is 2.25. The van der Waals surface area contributed by atoms with Crippen molar-refractivity contribution in [1.29, 1.82) is 0 Å². The van der Waals surface area contributed by atoms with E-state index in [4.69, 9.17) is 4.74 Å². The summed E-state index contributed by atoms with van der Waals surface area (Å²) in [5, 5.41) is 3.04. The largest absolute Gasteiger partial charge is 0.374 e. The quantitative estimate of drug-likeness (QED) is 0.905. The number of rotatable bonds is 4. The van der Waals surface area contributed by atoms with Crippen LogP contribution in [-0.4, -0.2) is 44.3 Å². The maximum absolute atomic E-state index is 13.9. The van der Waals surface area contributed by atoms with Gasteiger partial charge < -0.3 is 10.1 Å². The second kappa shape index (κ2) is 6.41. The van der Waals surface area contributed by atoms with Crippen molar-refractivity contribution in [3.8, 4) is 0 Å². The number of ether oxygens (including phenoxy) is 1. The zero-order chi connectivity index (χ0) is 13.8. The van der Waals surface area contributed by atoms with E-state index in [1.54, 1.807) is 13.1 Å². The van der Waals surface area contributed by atoms with Crippen LogP contribution in [-0.2, 0) is 4.74 Å². The van der Waals surface area contributed by atoms with Gasteiger partial charge in [0.15, 0.2) is 11.6 Å². The molecule has 1 heterocycles. The number of benzene rings is 1. The Morgan fingerprint density at radius 3 is 2.95 bits per heavy atom. The fraction of sp³-hybridized carbons (Fsp3) is 0.571. The number of likely N-dealkylation sites (N-methyl/N-ethyl adjacent to an activating group) is 2. The first kappa shape index (κ1) is 14.4. The van der Waals surface area contributed by atoms with Crippen LogP contribution < -0.4 is 5.32 Å². The van der Waals surface area contributed by atoms with Gasteiger partial charge in [0, 0.05) is 18.7 Å². The normalized spacial score (nSPS) is 22.4. The SMILES string of the molecule is CCN1CCOC(C(NC)c2cccc(F)c2F)C1. The minimum Gasteiger partial charge on any atom is -0.374 e. The van der Waals surface area contributed by atoms with Gasteiger partial charge >= 0.3 is 0 Å². The van der Waals surface area contributed by atoms with Gasteiger partial charge in [-0.25, -0.2) is 8.78 Å². The van der Waals surface area contributed by atoms with E-state index >= 15 is 0 Å². The van der Waals surface area contributed by atoms with Gasteiger partial charge in [-0.15, -0.1) is 0 Å². The minimum atomic E-state index is -0.819. The average molecular weight is 270 g/mol. The molecule has 1 saturated heterocycles. The molecule has 0 aromatic heterocycles. The molecule has 3 nitrogen and oxygen atoms in total. The lowest BCUT2D eigenvalue weighted by molar-refractivity contribution is -0.0450. The van der Waals surface area contributed by atoms with Crippen LogP contribution in [0, 0.1) is 11.6 Å². The summed E-state index contributed by atoms with van der Waals surface area (Å²) in [6.07, 6.45) is -0.171. The molecule has 0 saturated carbocycles. The molecule has 0 radical (unpaired) electrons. The number of hydrogen-bond donors (Lipinski definition) is 1. The molecular weight excluding hydrogens is 250 g/mol. The van der Waals surface area contributed by atoms with Gasteiger partial charge in [0.25, 0.3) is 0 Å². The molecule has 106 valence electrons. The number of halogens is 2. The van der Waals surface area contributed by atoms with Crippen molar-refractivity contribution in [1.82, 2.24) is 10.2 Å². The second-order valence-electron chi connectivity index (χ2n) is 4.71. The highest BCUT2D eigenvalue weighted by molar-refractivity contribution is 5.24. The third-order valence-electron chi connectivity index (χ3n) is 3.62. The van der Waals surface area contributed by atoms with E-state index in [1.807, 2.05) is 0 Å². The van der Waals surface area contributed by atoms with E-state index in [0.29, 0.717) is 12.2 Å². The van der Waals surface area contributed by atoms with Crippen molar-refractivity contribution < 1.29 is 13.5 Å². The molecule has 0 spiro atoms. The Labute approximate surface area is 112 Å². The van der Waals surface area contributed by atoms with Crippen LogP contribution in [0.15, 0.2) is 18.2 Å². The van der Waals surface area contributed by atoms with E-state index in [0.717, 1.165) is 25.7 Å². The van der Waals surface area contributed by atoms with E-state index in [1.165, 1.54) is 6.07 Å². The van der Waals surface area contributed by atoms with Crippen LogP contribution in [0.2, 0.25) is 0 Å². The molecule has 1 aliphatic rings. The summed E-state index contributed by atoms with van der Waals surface area (Å²) in [5.41, 5.74) is 0.324. The van der Waals surface area contributed by atoms with Crippen LogP contribution in [0.5, 0.6) is 0 Å². The van der Waals surface area contributed by atoms with Crippen LogP contribution in [0.1, 0.15) is 18.5 Å². The molecular formula is C14H20F2N2O. The summed E-state index contributed by atoms with van der Waals surface area (Å²) < 4.78 is 32.9. The first-order valence-electron chi connectivity index (χ1n) is 6.62. The van der Waals surface area contributed by atoms with Crippen LogP contribution >= 0.6 is 0 Å². The van der Waals surface area contributed by atoms with Crippen molar-refractivity contribution in [2.24, 2.45) is 0 Å². The zero-order valence-electron chi connectivity index (χ0n) is 11.3. The predicted molar refractivity (Wildman–Crippen MR) is 70.0 cm³/mol. The molecule has 0 bridgehead atoms. The van der Waals surface area contributed by atoms with Gasteiger partial charge in [-0.05, 0) is 19.7 Å². The summed E-state index contributed by atoms with van der Waals surface area (Å²) in [6, 6.07) is 3.92. The summed E-state index contributed by atoms with van der Waals surface area (Å²) in [6.45, 7) is 5.24. The molecule has 1 fully saturated rings. The maximum atomic E-state index is 13.9. The highest BCUT2D eigenvalue weighted by atomic mass is 19.2. The smallest absolute Gasteiger partial charge is 0.163 e. The Hall–Kier alpha value is -1.04. The van der Waals surface area contributed by atoms with Crippen LogP contribution in [0.3, 0.4) is 0 Å². The van der Waals surface area contributed by atoms with Gasteiger partial charge in [0.2, 0.25) is 0 Å². The molecule has 5 heteroatoms. The Morgan fingerprint density at radius 2 is 2.26 bits per heavy atom. The molecule has 2 rings (SSSR count). The molecule has 2 unspecified atom stereocenters.